The van der Waals surface area contributed by atoms with Crippen LogP contribution in [0.5, 0.6) is 0 Å². The lowest BCUT2D eigenvalue weighted by molar-refractivity contribution is 0.255. The zero-order valence-electron chi connectivity index (χ0n) is 7.05. The van der Waals surface area contributed by atoms with Gasteiger partial charge in [0.15, 0.2) is 0 Å². The van der Waals surface area contributed by atoms with Crippen molar-refractivity contribution in [2.45, 2.75) is 33.4 Å². The molecule has 1 N–H and O–H groups in total. The van der Waals surface area contributed by atoms with Crippen molar-refractivity contribution in [3.63, 3.8) is 0 Å². The van der Waals surface area contributed by atoms with E-state index in [1.54, 1.807) is 0 Å². The van der Waals surface area contributed by atoms with Crippen molar-refractivity contribution in [2.24, 2.45) is 0 Å². The van der Waals surface area contributed by atoms with E-state index < -0.39 is 0 Å². The van der Waals surface area contributed by atoms with E-state index in [1.165, 1.54) is 0 Å². The minimum atomic E-state index is -0.0371. The van der Waals surface area contributed by atoms with Crippen LogP contribution < -0.4 is 5.32 Å². The summed E-state index contributed by atoms with van der Waals surface area (Å²) in [5.74, 6) is 0. The zero-order valence-corrected chi connectivity index (χ0v) is 7.05. The van der Waals surface area contributed by atoms with Crippen LogP contribution in [-0.2, 0) is 0 Å². The Hall–Kier alpha value is -0.120. The standard InChI is InChI=1S/C7H17N2O/c1-4-6-9(10)7(3)8-5-2/h7-8H,4-6H2,1-3H3/q-1. The van der Waals surface area contributed by atoms with Gasteiger partial charge in [-0.2, -0.15) is 0 Å². The molecular formula is C7H17N2O-. The van der Waals surface area contributed by atoms with Crippen molar-refractivity contribution < 1.29 is 0 Å². The minimum absolute atomic E-state index is 0.0371. The largest absolute Gasteiger partial charge is 0.784 e. The normalized spacial score (nSPS) is 14.1. The van der Waals surface area contributed by atoms with E-state index in [4.69, 9.17) is 0 Å². The fourth-order valence-corrected chi connectivity index (χ4v) is 0.811. The van der Waals surface area contributed by atoms with Gasteiger partial charge in [0.25, 0.3) is 0 Å². The second-order valence-electron chi connectivity index (χ2n) is 2.37. The quantitative estimate of drug-likeness (QED) is 0.466. The van der Waals surface area contributed by atoms with E-state index in [1.807, 2.05) is 20.8 Å². The van der Waals surface area contributed by atoms with Crippen LogP contribution >= 0.6 is 0 Å². The maximum atomic E-state index is 11.0. The van der Waals surface area contributed by atoms with E-state index >= 15 is 0 Å². The predicted octanol–water partition coefficient (Wildman–Crippen LogP) is 1.15. The third-order valence-corrected chi connectivity index (χ3v) is 1.38. The molecule has 0 saturated heterocycles. The van der Waals surface area contributed by atoms with E-state index in [0.717, 1.165) is 18.0 Å². The number of hydrogen-bond acceptors (Lipinski definition) is 3. The molecule has 0 rings (SSSR count). The van der Waals surface area contributed by atoms with Gasteiger partial charge >= 0.3 is 0 Å². The fraction of sp³-hybridized carbons (Fsp3) is 1.00. The van der Waals surface area contributed by atoms with Crippen molar-refractivity contribution >= 4 is 0 Å². The molecule has 0 saturated carbocycles. The van der Waals surface area contributed by atoms with Crippen molar-refractivity contribution in [1.82, 2.24) is 10.4 Å². The van der Waals surface area contributed by atoms with Gasteiger partial charge in [0.2, 0.25) is 0 Å². The molecular weight excluding hydrogens is 128 g/mol. The molecule has 0 aliphatic rings. The van der Waals surface area contributed by atoms with Gasteiger partial charge in [0.05, 0.1) is 0 Å². The monoisotopic (exact) mass is 145 g/mol. The molecule has 62 valence electrons. The van der Waals surface area contributed by atoms with Crippen molar-refractivity contribution in [3.05, 3.63) is 5.21 Å². The lowest BCUT2D eigenvalue weighted by Crippen LogP contribution is -2.40. The SMILES string of the molecule is CCCN([O-])C(C)NCC. The maximum Gasteiger partial charge on any atom is 0.0452 e. The Labute approximate surface area is 63.0 Å². The lowest BCUT2D eigenvalue weighted by atomic mass is 10.4. The van der Waals surface area contributed by atoms with Gasteiger partial charge in [-0.05, 0) is 26.4 Å². The summed E-state index contributed by atoms with van der Waals surface area (Å²) in [5.41, 5.74) is 0. The van der Waals surface area contributed by atoms with Crippen molar-refractivity contribution in [3.8, 4) is 0 Å². The summed E-state index contributed by atoms with van der Waals surface area (Å²) in [6.45, 7) is 7.35. The lowest BCUT2D eigenvalue weighted by Gasteiger charge is -2.34. The highest BCUT2D eigenvalue weighted by Gasteiger charge is 1.98. The second-order valence-corrected chi connectivity index (χ2v) is 2.37. The van der Waals surface area contributed by atoms with Crippen LogP contribution in [-0.4, -0.2) is 24.3 Å². The third-order valence-electron chi connectivity index (χ3n) is 1.38. The average Bonchev–Trinajstić information content (AvgIpc) is 1.89. The molecule has 0 aromatic carbocycles. The molecule has 0 aliphatic carbocycles. The van der Waals surface area contributed by atoms with Gasteiger partial charge in [0, 0.05) is 6.17 Å². The molecule has 3 heteroatoms. The average molecular weight is 145 g/mol. The summed E-state index contributed by atoms with van der Waals surface area (Å²) in [5, 5.41) is 15.1. The molecule has 1 unspecified atom stereocenters. The number of nitrogens with one attached hydrogen (secondary N) is 1. The highest BCUT2D eigenvalue weighted by molar-refractivity contribution is 4.63. The second kappa shape index (κ2) is 5.65. The highest BCUT2D eigenvalue weighted by atomic mass is 16.5. The predicted molar refractivity (Wildman–Crippen MR) is 43.5 cm³/mol. The first kappa shape index (κ1) is 9.88. The number of nitrogens with zero attached hydrogens (tertiary/aromatic N) is 1. The van der Waals surface area contributed by atoms with E-state index in [-0.39, 0.29) is 6.17 Å². The number of hydroxylamine groups is 2. The first-order valence-corrected chi connectivity index (χ1v) is 3.89. The van der Waals surface area contributed by atoms with Crippen LogP contribution in [0.2, 0.25) is 0 Å². The highest BCUT2D eigenvalue weighted by Crippen LogP contribution is 1.93. The smallest absolute Gasteiger partial charge is 0.0452 e. The Morgan fingerprint density at radius 3 is 2.50 bits per heavy atom. The summed E-state index contributed by atoms with van der Waals surface area (Å²) in [4.78, 5) is 0. The van der Waals surface area contributed by atoms with Crippen molar-refractivity contribution in [2.75, 3.05) is 13.1 Å². The topological polar surface area (TPSA) is 38.3 Å². The van der Waals surface area contributed by atoms with Crippen molar-refractivity contribution in [1.29, 1.82) is 0 Å². The number of rotatable bonds is 5. The Kier molecular flexibility index (Phi) is 5.58. The Bertz CT molecular complexity index is 68.0. The van der Waals surface area contributed by atoms with Crippen LogP contribution in [0.15, 0.2) is 0 Å². The first-order valence-electron chi connectivity index (χ1n) is 3.89. The van der Waals surface area contributed by atoms with Gasteiger partial charge in [-0.15, -0.1) is 0 Å². The number of hydrogen-bond donors (Lipinski definition) is 1. The summed E-state index contributed by atoms with van der Waals surface area (Å²) in [7, 11) is 0. The zero-order chi connectivity index (χ0) is 7.98. The van der Waals surface area contributed by atoms with Gasteiger partial charge in [-0.1, -0.05) is 13.8 Å². The molecule has 3 nitrogen and oxygen atoms in total. The van der Waals surface area contributed by atoms with Gasteiger partial charge in [-0.3, -0.25) is 0 Å². The molecule has 0 aromatic rings. The fourth-order valence-electron chi connectivity index (χ4n) is 0.811. The van der Waals surface area contributed by atoms with Crippen LogP contribution in [0.4, 0.5) is 0 Å². The summed E-state index contributed by atoms with van der Waals surface area (Å²) in [6.07, 6.45) is 0.879. The van der Waals surface area contributed by atoms with Crippen LogP contribution in [0.25, 0.3) is 0 Å². The van der Waals surface area contributed by atoms with Gasteiger partial charge in [0.1, 0.15) is 0 Å². The molecule has 0 radical (unpaired) electrons. The molecule has 0 amide bonds. The summed E-state index contributed by atoms with van der Waals surface area (Å²) >= 11 is 0. The molecule has 0 aliphatic heterocycles. The molecule has 0 spiro atoms. The van der Waals surface area contributed by atoms with E-state index in [2.05, 4.69) is 5.32 Å². The van der Waals surface area contributed by atoms with Gasteiger partial charge < -0.3 is 15.6 Å². The molecule has 0 heterocycles. The molecule has 1 atom stereocenters. The molecule has 0 aromatic heterocycles. The maximum absolute atomic E-state index is 11.0. The summed E-state index contributed by atoms with van der Waals surface area (Å²) < 4.78 is 0. The third kappa shape index (κ3) is 3.82. The van der Waals surface area contributed by atoms with Crippen LogP contribution in [0.1, 0.15) is 27.2 Å². The Morgan fingerprint density at radius 2 is 2.10 bits per heavy atom. The van der Waals surface area contributed by atoms with Gasteiger partial charge in [-0.25, -0.2) is 0 Å². The minimum Gasteiger partial charge on any atom is -0.784 e. The Morgan fingerprint density at radius 1 is 1.50 bits per heavy atom. The van der Waals surface area contributed by atoms with Crippen LogP contribution in [0.3, 0.4) is 0 Å². The molecule has 0 bridgehead atoms. The van der Waals surface area contributed by atoms with E-state index in [0.29, 0.717) is 6.54 Å². The Balaban J connectivity index is 3.38. The molecule has 10 heavy (non-hydrogen) atoms. The van der Waals surface area contributed by atoms with Crippen LogP contribution in [0, 0.1) is 5.21 Å². The summed E-state index contributed by atoms with van der Waals surface area (Å²) in [6, 6.07) is 0. The molecule has 0 fully saturated rings. The first-order chi connectivity index (χ1) is 4.72. The van der Waals surface area contributed by atoms with E-state index in [9.17, 15) is 5.21 Å².